The van der Waals surface area contributed by atoms with E-state index in [0.717, 1.165) is 13.1 Å². The van der Waals surface area contributed by atoms with E-state index < -0.39 is 0 Å². The molecule has 2 N–H and O–H groups in total. The predicted octanol–water partition coefficient (Wildman–Crippen LogP) is 1.62. The van der Waals surface area contributed by atoms with Gasteiger partial charge < -0.3 is 15.0 Å². The summed E-state index contributed by atoms with van der Waals surface area (Å²) in [5.74, 6) is -0.0420. The van der Waals surface area contributed by atoms with Crippen LogP contribution in [0.2, 0.25) is 10.0 Å². The Bertz CT molecular complexity index is 466. The van der Waals surface area contributed by atoms with Crippen molar-refractivity contribution in [1.82, 2.24) is 0 Å². The highest BCUT2D eigenvalue weighted by atomic mass is 35.5. The normalized spacial score (nSPS) is 26.3. The monoisotopic (exact) mass is 317 g/mol. The number of carbonyl (C=O) groups excluding carboxylic acids is 1. The van der Waals surface area contributed by atoms with Crippen molar-refractivity contribution < 1.29 is 14.4 Å². The lowest BCUT2D eigenvalue weighted by molar-refractivity contribution is -0.907. The molecule has 1 unspecified atom stereocenters. The smallest absolute Gasteiger partial charge is 0.279 e. The van der Waals surface area contributed by atoms with Gasteiger partial charge in [-0.2, -0.15) is 0 Å². The number of hydrogen-bond donors (Lipinski definition) is 2. The summed E-state index contributed by atoms with van der Waals surface area (Å²) in [7, 11) is 0. The van der Waals surface area contributed by atoms with Gasteiger partial charge in [-0.25, -0.2) is 0 Å². The maximum absolute atomic E-state index is 12.1. The minimum absolute atomic E-state index is 0.0420. The lowest BCUT2D eigenvalue weighted by Gasteiger charge is -2.31. The zero-order valence-corrected chi connectivity index (χ0v) is 13.1. The van der Waals surface area contributed by atoms with Crippen molar-refractivity contribution in [1.29, 1.82) is 0 Å². The van der Waals surface area contributed by atoms with Crippen LogP contribution in [0.4, 0.5) is 5.69 Å². The Balaban J connectivity index is 1.92. The number of benzene rings is 1. The lowest BCUT2D eigenvalue weighted by Crippen LogP contribution is -3.16. The second kappa shape index (κ2) is 6.76. The maximum Gasteiger partial charge on any atom is 0.279 e. The largest absolute Gasteiger partial charge is 0.364 e. The van der Waals surface area contributed by atoms with Crippen LogP contribution in [0.5, 0.6) is 0 Å². The van der Waals surface area contributed by atoms with E-state index in [-0.39, 0.29) is 18.1 Å². The third kappa shape index (κ3) is 4.63. The molecule has 1 fully saturated rings. The van der Waals surface area contributed by atoms with Crippen LogP contribution in [0, 0.1) is 0 Å². The Morgan fingerprint density at radius 3 is 2.35 bits per heavy atom. The zero-order chi connectivity index (χ0) is 14.7. The Morgan fingerprint density at radius 2 is 1.80 bits per heavy atom. The molecule has 0 aromatic heterocycles. The van der Waals surface area contributed by atoms with E-state index in [2.05, 4.69) is 5.32 Å². The number of halogens is 2. The van der Waals surface area contributed by atoms with Crippen molar-refractivity contribution in [2.45, 2.75) is 26.1 Å². The van der Waals surface area contributed by atoms with Gasteiger partial charge in [0.05, 0.1) is 0 Å². The SMILES string of the molecule is C[C@@H]1C[NH+](CC(=O)Nc2cc(Cl)cc(Cl)c2)C[C@H](C)O1. The lowest BCUT2D eigenvalue weighted by atomic mass is 10.2. The summed E-state index contributed by atoms with van der Waals surface area (Å²) in [6.07, 6.45) is 0.365. The van der Waals surface area contributed by atoms with E-state index in [1.54, 1.807) is 18.2 Å². The molecule has 0 bridgehead atoms. The van der Waals surface area contributed by atoms with E-state index in [1.165, 1.54) is 4.90 Å². The maximum atomic E-state index is 12.1. The Labute approximate surface area is 129 Å². The van der Waals surface area contributed by atoms with Gasteiger partial charge in [-0.05, 0) is 32.0 Å². The number of nitrogens with one attached hydrogen (secondary N) is 2. The Hall–Kier alpha value is -0.810. The minimum atomic E-state index is -0.0420. The van der Waals surface area contributed by atoms with Crippen LogP contribution in [-0.2, 0) is 9.53 Å². The van der Waals surface area contributed by atoms with Crippen LogP contribution in [0.25, 0.3) is 0 Å². The molecule has 1 amide bonds. The van der Waals surface area contributed by atoms with Gasteiger partial charge in [-0.15, -0.1) is 0 Å². The molecule has 1 aliphatic rings. The molecule has 1 heterocycles. The summed E-state index contributed by atoms with van der Waals surface area (Å²) in [4.78, 5) is 13.3. The average Bonchev–Trinajstić information content (AvgIpc) is 2.24. The van der Waals surface area contributed by atoms with Crippen LogP contribution < -0.4 is 10.2 Å². The summed E-state index contributed by atoms with van der Waals surface area (Å²) >= 11 is 11.8. The van der Waals surface area contributed by atoms with Crippen molar-refractivity contribution in [3.63, 3.8) is 0 Å². The van der Waals surface area contributed by atoms with E-state index >= 15 is 0 Å². The Morgan fingerprint density at radius 1 is 1.25 bits per heavy atom. The molecule has 6 heteroatoms. The van der Waals surface area contributed by atoms with Crippen LogP contribution in [0.3, 0.4) is 0 Å². The highest BCUT2D eigenvalue weighted by Gasteiger charge is 2.27. The first-order valence-corrected chi connectivity index (χ1v) is 7.43. The number of ether oxygens (including phenoxy) is 1. The van der Waals surface area contributed by atoms with E-state index in [4.69, 9.17) is 27.9 Å². The number of amides is 1. The second-order valence-electron chi connectivity index (χ2n) is 5.30. The molecule has 0 aliphatic carbocycles. The van der Waals surface area contributed by atoms with Crippen LogP contribution >= 0.6 is 23.2 Å². The van der Waals surface area contributed by atoms with Crippen LogP contribution in [-0.4, -0.2) is 37.7 Å². The quantitative estimate of drug-likeness (QED) is 0.889. The van der Waals surface area contributed by atoms with Crippen molar-refractivity contribution in [2.24, 2.45) is 0 Å². The van der Waals surface area contributed by atoms with Crippen LogP contribution in [0.1, 0.15) is 13.8 Å². The van der Waals surface area contributed by atoms with Crippen molar-refractivity contribution >= 4 is 34.8 Å². The standard InChI is InChI=1S/C14H18Cl2N2O2/c1-9-6-18(7-10(2)20-9)8-14(19)17-13-4-11(15)3-12(16)5-13/h3-5,9-10H,6-8H2,1-2H3,(H,17,19)/p+1/t9-,10+. The molecule has 1 aromatic rings. The number of rotatable bonds is 3. The number of carbonyl (C=O) groups is 1. The van der Waals surface area contributed by atoms with Gasteiger partial charge in [0, 0.05) is 15.7 Å². The van der Waals surface area contributed by atoms with Gasteiger partial charge in [0.2, 0.25) is 0 Å². The Kier molecular flexibility index (Phi) is 5.27. The summed E-state index contributed by atoms with van der Waals surface area (Å²) < 4.78 is 5.66. The minimum Gasteiger partial charge on any atom is -0.364 e. The van der Waals surface area contributed by atoms with Crippen molar-refractivity contribution in [3.8, 4) is 0 Å². The predicted molar refractivity (Wildman–Crippen MR) is 80.7 cm³/mol. The molecule has 1 aromatic carbocycles. The summed E-state index contributed by atoms with van der Waals surface area (Å²) in [6.45, 7) is 6.17. The first-order valence-electron chi connectivity index (χ1n) is 6.67. The molecular weight excluding hydrogens is 299 g/mol. The molecule has 110 valence electrons. The summed E-state index contributed by atoms with van der Waals surface area (Å²) in [5.41, 5.74) is 0.626. The number of hydrogen-bond acceptors (Lipinski definition) is 2. The molecule has 3 atom stereocenters. The second-order valence-corrected chi connectivity index (χ2v) is 6.17. The fourth-order valence-electron chi connectivity index (χ4n) is 2.59. The molecule has 0 spiro atoms. The summed E-state index contributed by atoms with van der Waals surface area (Å²) in [5, 5.41) is 3.85. The van der Waals surface area contributed by atoms with Crippen molar-refractivity contribution in [2.75, 3.05) is 25.0 Å². The number of morpholine rings is 1. The average molecular weight is 318 g/mol. The van der Waals surface area contributed by atoms with Crippen LogP contribution in [0.15, 0.2) is 18.2 Å². The molecule has 4 nitrogen and oxygen atoms in total. The molecule has 1 aliphatic heterocycles. The third-order valence-electron chi connectivity index (χ3n) is 3.17. The zero-order valence-electron chi connectivity index (χ0n) is 11.6. The molecule has 2 rings (SSSR count). The molecule has 0 radical (unpaired) electrons. The fourth-order valence-corrected chi connectivity index (χ4v) is 3.12. The van der Waals surface area contributed by atoms with E-state index in [1.807, 2.05) is 13.8 Å². The van der Waals surface area contributed by atoms with Gasteiger partial charge in [-0.1, -0.05) is 23.2 Å². The molecule has 20 heavy (non-hydrogen) atoms. The summed E-state index contributed by atoms with van der Waals surface area (Å²) in [6, 6.07) is 5.01. The third-order valence-corrected chi connectivity index (χ3v) is 3.61. The molecule has 0 saturated carbocycles. The highest BCUT2D eigenvalue weighted by molar-refractivity contribution is 6.35. The number of quaternary nitrogens is 1. The van der Waals surface area contributed by atoms with E-state index in [0.29, 0.717) is 22.3 Å². The van der Waals surface area contributed by atoms with Gasteiger partial charge in [0.1, 0.15) is 25.3 Å². The topological polar surface area (TPSA) is 42.8 Å². The van der Waals surface area contributed by atoms with Gasteiger partial charge in [0.25, 0.3) is 5.91 Å². The first-order chi connectivity index (χ1) is 9.42. The molecule has 1 saturated heterocycles. The first kappa shape index (κ1) is 15.6. The van der Waals surface area contributed by atoms with Gasteiger partial charge in [-0.3, -0.25) is 4.79 Å². The molecular formula is C14H19Cl2N2O2+. The van der Waals surface area contributed by atoms with Gasteiger partial charge in [0.15, 0.2) is 6.54 Å². The number of anilines is 1. The van der Waals surface area contributed by atoms with Gasteiger partial charge >= 0.3 is 0 Å². The fraction of sp³-hybridized carbons (Fsp3) is 0.500. The van der Waals surface area contributed by atoms with Crippen molar-refractivity contribution in [3.05, 3.63) is 28.2 Å². The highest BCUT2D eigenvalue weighted by Crippen LogP contribution is 2.22. The van der Waals surface area contributed by atoms with E-state index in [9.17, 15) is 4.79 Å².